The third-order valence-corrected chi connectivity index (χ3v) is 6.02. The first-order valence-electron chi connectivity index (χ1n) is 10.4. The lowest BCUT2D eigenvalue weighted by Gasteiger charge is -2.11. The predicted molar refractivity (Wildman–Crippen MR) is 127 cm³/mol. The summed E-state index contributed by atoms with van der Waals surface area (Å²) in [5, 5.41) is 3.37. The summed E-state index contributed by atoms with van der Waals surface area (Å²) in [7, 11) is 0. The van der Waals surface area contributed by atoms with Crippen LogP contribution in [0.25, 0.3) is 38.4 Å². The number of rotatable bonds is 2. The molecule has 2 heterocycles. The lowest BCUT2D eigenvalue weighted by molar-refractivity contribution is 0.0965. The monoisotopic (exact) mass is 400 g/mol. The van der Waals surface area contributed by atoms with Crippen LogP contribution in [0.4, 0.5) is 0 Å². The van der Waals surface area contributed by atoms with Crippen LogP contribution in [0.3, 0.4) is 0 Å². The van der Waals surface area contributed by atoms with E-state index in [9.17, 15) is 4.79 Å². The standard InChI is InChI=1S/C28H20N2O/c1-19-11-13-21(14-12-19)28(31)29-18-17-20-15-16-24-23-9-5-6-10-25(23)30(27(24)26(20)29)22-7-3-2-4-8-22/h2-18H,1H3. The summed E-state index contributed by atoms with van der Waals surface area (Å²) in [5.74, 6) is -0.0210. The van der Waals surface area contributed by atoms with Gasteiger partial charge in [-0.1, -0.05) is 66.2 Å². The molecule has 0 fully saturated rings. The van der Waals surface area contributed by atoms with Gasteiger partial charge in [0.15, 0.2) is 0 Å². The maximum Gasteiger partial charge on any atom is 0.262 e. The lowest BCUT2D eigenvalue weighted by atomic mass is 10.1. The van der Waals surface area contributed by atoms with E-state index in [-0.39, 0.29) is 5.91 Å². The first-order valence-corrected chi connectivity index (χ1v) is 10.4. The van der Waals surface area contributed by atoms with Gasteiger partial charge in [0, 0.05) is 33.6 Å². The number of nitrogens with zero attached hydrogens (tertiary/aromatic N) is 2. The minimum atomic E-state index is -0.0210. The summed E-state index contributed by atoms with van der Waals surface area (Å²) >= 11 is 0. The molecule has 0 saturated carbocycles. The molecule has 0 spiro atoms. The van der Waals surface area contributed by atoms with Crippen molar-refractivity contribution in [2.45, 2.75) is 6.92 Å². The fourth-order valence-corrected chi connectivity index (χ4v) is 4.52. The van der Waals surface area contributed by atoms with E-state index in [1.807, 2.05) is 61.7 Å². The van der Waals surface area contributed by atoms with Gasteiger partial charge in [-0.25, -0.2) is 0 Å². The molecule has 4 aromatic carbocycles. The molecular formula is C28H20N2O. The van der Waals surface area contributed by atoms with Crippen molar-refractivity contribution in [3.8, 4) is 5.69 Å². The Balaban J connectivity index is 1.74. The van der Waals surface area contributed by atoms with Crippen LogP contribution < -0.4 is 0 Å². The molecule has 0 aliphatic heterocycles. The summed E-state index contributed by atoms with van der Waals surface area (Å²) in [4.78, 5) is 13.5. The van der Waals surface area contributed by atoms with E-state index in [2.05, 4.69) is 53.1 Å². The van der Waals surface area contributed by atoms with Crippen LogP contribution in [0, 0.1) is 6.92 Å². The third-order valence-electron chi connectivity index (χ3n) is 6.02. The number of aromatic nitrogens is 2. The number of aryl methyl sites for hydroxylation is 1. The van der Waals surface area contributed by atoms with Crippen LogP contribution in [0.15, 0.2) is 103 Å². The molecule has 0 bridgehead atoms. The second kappa shape index (κ2) is 6.71. The van der Waals surface area contributed by atoms with Gasteiger partial charge in [-0.15, -0.1) is 0 Å². The number of fused-ring (bicyclic) bond motifs is 5. The molecule has 0 unspecified atom stereocenters. The molecular weight excluding hydrogens is 380 g/mol. The van der Waals surface area contributed by atoms with Crippen molar-refractivity contribution in [1.29, 1.82) is 0 Å². The highest BCUT2D eigenvalue weighted by Crippen LogP contribution is 2.37. The molecule has 2 aromatic heterocycles. The Bertz CT molecular complexity index is 1590. The first-order chi connectivity index (χ1) is 15.2. The highest BCUT2D eigenvalue weighted by Gasteiger charge is 2.19. The maximum atomic E-state index is 13.5. The van der Waals surface area contributed by atoms with Crippen molar-refractivity contribution < 1.29 is 4.79 Å². The zero-order chi connectivity index (χ0) is 20.9. The largest absolute Gasteiger partial charge is 0.307 e. The van der Waals surface area contributed by atoms with Gasteiger partial charge in [-0.05, 0) is 43.3 Å². The topological polar surface area (TPSA) is 26.9 Å². The van der Waals surface area contributed by atoms with Gasteiger partial charge < -0.3 is 4.57 Å². The minimum absolute atomic E-state index is 0.0210. The highest BCUT2D eigenvalue weighted by molar-refractivity contribution is 6.20. The van der Waals surface area contributed by atoms with Crippen LogP contribution >= 0.6 is 0 Å². The molecule has 0 aliphatic carbocycles. The van der Waals surface area contributed by atoms with Crippen LogP contribution in [-0.4, -0.2) is 15.0 Å². The van der Waals surface area contributed by atoms with Gasteiger partial charge in [0.05, 0.1) is 16.6 Å². The van der Waals surface area contributed by atoms with Crippen LogP contribution in [0.1, 0.15) is 15.9 Å². The third kappa shape index (κ3) is 2.63. The Morgan fingerprint density at radius 2 is 1.42 bits per heavy atom. The lowest BCUT2D eigenvalue weighted by Crippen LogP contribution is -2.11. The van der Waals surface area contributed by atoms with Crippen LogP contribution in [0.5, 0.6) is 0 Å². The van der Waals surface area contributed by atoms with E-state index in [0.717, 1.165) is 38.6 Å². The molecule has 148 valence electrons. The van der Waals surface area contributed by atoms with E-state index >= 15 is 0 Å². The van der Waals surface area contributed by atoms with Crippen molar-refractivity contribution >= 4 is 38.6 Å². The predicted octanol–water partition coefficient (Wildman–Crippen LogP) is 6.74. The number of carbonyl (C=O) groups is 1. The molecule has 31 heavy (non-hydrogen) atoms. The van der Waals surface area contributed by atoms with Crippen LogP contribution in [-0.2, 0) is 0 Å². The average molecular weight is 400 g/mol. The zero-order valence-electron chi connectivity index (χ0n) is 17.1. The number of hydrogen-bond donors (Lipinski definition) is 0. The quantitative estimate of drug-likeness (QED) is 0.316. The van der Waals surface area contributed by atoms with Crippen molar-refractivity contribution in [1.82, 2.24) is 9.13 Å². The van der Waals surface area contributed by atoms with Crippen molar-refractivity contribution in [2.24, 2.45) is 0 Å². The Kier molecular flexibility index (Phi) is 3.84. The van der Waals surface area contributed by atoms with E-state index in [1.54, 1.807) is 4.57 Å². The molecule has 6 aromatic rings. The van der Waals surface area contributed by atoms with Gasteiger partial charge >= 0.3 is 0 Å². The zero-order valence-corrected chi connectivity index (χ0v) is 17.1. The van der Waals surface area contributed by atoms with Crippen LogP contribution in [0.2, 0.25) is 0 Å². The summed E-state index contributed by atoms with van der Waals surface area (Å²) in [6.45, 7) is 2.03. The number of para-hydroxylation sites is 2. The Morgan fingerprint density at radius 3 is 2.23 bits per heavy atom. The molecule has 3 nitrogen and oxygen atoms in total. The normalized spacial score (nSPS) is 11.5. The van der Waals surface area contributed by atoms with Crippen molar-refractivity contribution in [3.05, 3.63) is 114 Å². The van der Waals surface area contributed by atoms with Gasteiger partial charge in [-0.3, -0.25) is 9.36 Å². The minimum Gasteiger partial charge on any atom is -0.307 e. The molecule has 0 N–H and O–H groups in total. The van der Waals surface area contributed by atoms with Crippen molar-refractivity contribution in [3.63, 3.8) is 0 Å². The summed E-state index contributed by atoms with van der Waals surface area (Å²) in [6, 6.07) is 32.8. The number of hydrogen-bond acceptors (Lipinski definition) is 1. The van der Waals surface area contributed by atoms with Gasteiger partial charge in [0.1, 0.15) is 0 Å². The Morgan fingerprint density at radius 1 is 0.677 bits per heavy atom. The number of benzene rings is 4. The molecule has 0 saturated heterocycles. The van der Waals surface area contributed by atoms with E-state index in [0.29, 0.717) is 5.56 Å². The van der Waals surface area contributed by atoms with E-state index < -0.39 is 0 Å². The summed E-state index contributed by atoms with van der Waals surface area (Å²) in [6.07, 6.45) is 1.89. The smallest absolute Gasteiger partial charge is 0.262 e. The average Bonchev–Trinajstić information content (AvgIpc) is 3.39. The first kappa shape index (κ1) is 17.7. The van der Waals surface area contributed by atoms with Gasteiger partial charge in [0.25, 0.3) is 5.91 Å². The number of carbonyl (C=O) groups excluding carboxylic acids is 1. The maximum absolute atomic E-state index is 13.5. The molecule has 0 amide bonds. The van der Waals surface area contributed by atoms with E-state index in [1.165, 1.54) is 5.39 Å². The molecule has 0 atom stereocenters. The van der Waals surface area contributed by atoms with E-state index in [4.69, 9.17) is 0 Å². The second-order valence-corrected chi connectivity index (χ2v) is 7.94. The summed E-state index contributed by atoms with van der Waals surface area (Å²) in [5.41, 5.74) is 6.02. The fraction of sp³-hybridized carbons (Fsp3) is 0.0357. The van der Waals surface area contributed by atoms with Crippen molar-refractivity contribution in [2.75, 3.05) is 0 Å². The second-order valence-electron chi connectivity index (χ2n) is 7.94. The molecule has 0 radical (unpaired) electrons. The highest BCUT2D eigenvalue weighted by atomic mass is 16.2. The Hall–Kier alpha value is -4.11. The summed E-state index contributed by atoms with van der Waals surface area (Å²) < 4.78 is 4.06. The molecule has 3 heteroatoms. The van der Waals surface area contributed by atoms with Gasteiger partial charge in [-0.2, -0.15) is 0 Å². The Labute approximate surface area is 179 Å². The molecule has 0 aliphatic rings. The molecule has 6 rings (SSSR count). The SMILES string of the molecule is Cc1ccc(C(=O)n2ccc3ccc4c5ccccc5n(-c5ccccc5)c4c32)cc1. The van der Waals surface area contributed by atoms with Gasteiger partial charge in [0.2, 0.25) is 0 Å². The fourth-order valence-electron chi connectivity index (χ4n) is 4.52.